The van der Waals surface area contributed by atoms with Gasteiger partial charge in [0.2, 0.25) is 17.7 Å². The Morgan fingerprint density at radius 3 is 1.56 bits per heavy atom. The van der Waals surface area contributed by atoms with Crippen molar-refractivity contribution in [3.63, 3.8) is 0 Å². The van der Waals surface area contributed by atoms with E-state index >= 15 is 0 Å². The van der Waals surface area contributed by atoms with Crippen molar-refractivity contribution in [2.24, 2.45) is 0 Å². The number of hydrogen-bond donors (Lipinski definition) is 3. The molecule has 1 aliphatic rings. The van der Waals surface area contributed by atoms with Gasteiger partial charge < -0.3 is 16.0 Å². The van der Waals surface area contributed by atoms with Gasteiger partial charge in [-0.2, -0.15) is 0 Å². The Balaban J connectivity index is 1.83. The van der Waals surface area contributed by atoms with E-state index in [1.54, 1.807) is 0 Å². The van der Waals surface area contributed by atoms with E-state index in [4.69, 9.17) is 0 Å². The monoisotopic (exact) mass is 521 g/mol. The molecule has 6 heteroatoms. The van der Waals surface area contributed by atoms with Gasteiger partial charge in [0.15, 0.2) is 0 Å². The lowest BCUT2D eigenvalue weighted by molar-refractivity contribution is -0.119. The lowest BCUT2D eigenvalue weighted by atomic mass is 9.86. The maximum Gasteiger partial charge on any atom is 0.221 e. The van der Waals surface area contributed by atoms with Crippen LogP contribution in [0.15, 0.2) is 72.3 Å². The standard InChI is InChI=1S/C33H35N3O3/c1-19-13-28(34-22(4)37)7-10-31(19)25-16-26(32-11-8-29(14-20(32)2)35-23(5)38)18-27(17-25)33-12-9-30(15-21(33)3)36-24(6)39/h7-8,10-18,30H,9H2,1-6H3,(H,34,37)(H,35,38)(H,36,39). The molecule has 6 nitrogen and oxygen atoms in total. The highest BCUT2D eigenvalue weighted by atomic mass is 16.2. The average molecular weight is 522 g/mol. The normalized spacial score (nSPS) is 14.7. The summed E-state index contributed by atoms with van der Waals surface area (Å²) in [5.74, 6) is -0.246. The van der Waals surface area contributed by atoms with Crippen LogP contribution in [0.2, 0.25) is 0 Å². The molecule has 3 amide bonds. The second-order valence-corrected chi connectivity index (χ2v) is 10.2. The molecule has 0 saturated heterocycles. The van der Waals surface area contributed by atoms with E-state index in [1.165, 1.54) is 20.8 Å². The van der Waals surface area contributed by atoms with E-state index in [-0.39, 0.29) is 23.8 Å². The average Bonchev–Trinajstić information content (AvgIpc) is 2.83. The summed E-state index contributed by atoms with van der Waals surface area (Å²) in [5, 5.41) is 8.71. The highest BCUT2D eigenvalue weighted by molar-refractivity contribution is 5.92. The summed E-state index contributed by atoms with van der Waals surface area (Å²) < 4.78 is 0. The van der Waals surface area contributed by atoms with Gasteiger partial charge in [-0.05, 0) is 120 Å². The van der Waals surface area contributed by atoms with Crippen molar-refractivity contribution >= 4 is 34.7 Å². The van der Waals surface area contributed by atoms with Crippen LogP contribution in [0.3, 0.4) is 0 Å². The number of carbonyl (C=O) groups is 3. The van der Waals surface area contributed by atoms with Gasteiger partial charge in [-0.1, -0.05) is 24.3 Å². The van der Waals surface area contributed by atoms with Crippen LogP contribution in [0.25, 0.3) is 27.8 Å². The SMILES string of the molecule is CC(=O)Nc1ccc(-c2cc(C3=CCC(NC(C)=O)C=C3C)cc(-c3ccc(NC(C)=O)cc3C)c2)c(C)c1. The van der Waals surface area contributed by atoms with Gasteiger partial charge in [0, 0.05) is 32.1 Å². The lowest BCUT2D eigenvalue weighted by Gasteiger charge is -2.22. The highest BCUT2D eigenvalue weighted by Gasteiger charge is 2.18. The summed E-state index contributed by atoms with van der Waals surface area (Å²) >= 11 is 0. The number of carbonyl (C=O) groups excluding carboxylic acids is 3. The molecule has 0 heterocycles. The number of hydrogen-bond acceptors (Lipinski definition) is 3. The molecule has 0 fully saturated rings. The topological polar surface area (TPSA) is 87.3 Å². The van der Waals surface area contributed by atoms with Crippen LogP contribution in [0.5, 0.6) is 0 Å². The number of rotatable bonds is 6. The van der Waals surface area contributed by atoms with E-state index in [2.05, 4.69) is 53.2 Å². The second kappa shape index (κ2) is 11.5. The molecule has 1 aliphatic carbocycles. The molecule has 0 aliphatic heterocycles. The second-order valence-electron chi connectivity index (χ2n) is 10.2. The van der Waals surface area contributed by atoms with Crippen molar-refractivity contribution in [1.82, 2.24) is 5.32 Å². The zero-order chi connectivity index (χ0) is 28.3. The minimum Gasteiger partial charge on any atom is -0.350 e. The van der Waals surface area contributed by atoms with Gasteiger partial charge in [-0.15, -0.1) is 0 Å². The molecule has 3 aromatic carbocycles. The third-order valence-corrected chi connectivity index (χ3v) is 6.80. The largest absolute Gasteiger partial charge is 0.350 e. The summed E-state index contributed by atoms with van der Waals surface area (Å²) in [5.41, 5.74) is 11.3. The number of nitrogens with one attached hydrogen (secondary N) is 3. The van der Waals surface area contributed by atoms with Crippen LogP contribution in [0, 0.1) is 13.8 Å². The highest BCUT2D eigenvalue weighted by Crippen LogP contribution is 2.37. The van der Waals surface area contributed by atoms with E-state index in [1.807, 2.05) is 50.2 Å². The molecule has 0 saturated carbocycles. The van der Waals surface area contributed by atoms with Crippen LogP contribution in [0.1, 0.15) is 50.8 Å². The van der Waals surface area contributed by atoms with Crippen molar-refractivity contribution < 1.29 is 14.4 Å². The smallest absolute Gasteiger partial charge is 0.221 e. The first-order valence-electron chi connectivity index (χ1n) is 13.1. The van der Waals surface area contributed by atoms with E-state index < -0.39 is 0 Å². The molecular weight excluding hydrogens is 486 g/mol. The van der Waals surface area contributed by atoms with Crippen LogP contribution in [-0.4, -0.2) is 23.8 Å². The molecule has 1 unspecified atom stereocenters. The predicted molar refractivity (Wildman–Crippen MR) is 159 cm³/mol. The molecular formula is C33H35N3O3. The molecule has 0 bridgehead atoms. The predicted octanol–water partition coefficient (Wildman–Crippen LogP) is 6.79. The van der Waals surface area contributed by atoms with Crippen LogP contribution >= 0.6 is 0 Å². The summed E-state index contributed by atoms with van der Waals surface area (Å²) in [6.07, 6.45) is 5.03. The number of benzene rings is 3. The van der Waals surface area contributed by atoms with E-state index in [9.17, 15) is 14.4 Å². The molecule has 3 N–H and O–H groups in total. The van der Waals surface area contributed by atoms with Crippen molar-refractivity contribution in [1.29, 1.82) is 0 Å². The Bertz CT molecular complexity index is 1450. The van der Waals surface area contributed by atoms with Crippen LogP contribution < -0.4 is 16.0 Å². The first-order valence-corrected chi connectivity index (χ1v) is 13.1. The maximum atomic E-state index is 11.6. The Kier molecular flexibility index (Phi) is 8.15. The van der Waals surface area contributed by atoms with Gasteiger partial charge >= 0.3 is 0 Å². The number of allylic oxidation sites excluding steroid dienone is 2. The molecule has 0 spiro atoms. The molecule has 1 atom stereocenters. The molecule has 3 aromatic rings. The summed E-state index contributed by atoms with van der Waals surface area (Å²) in [6, 6.07) is 18.5. The molecule has 0 radical (unpaired) electrons. The summed E-state index contributed by atoms with van der Waals surface area (Å²) in [6.45, 7) is 10.7. The fourth-order valence-corrected chi connectivity index (χ4v) is 5.20. The Morgan fingerprint density at radius 2 is 1.15 bits per heavy atom. The molecule has 4 rings (SSSR count). The molecule has 0 aromatic heterocycles. The maximum absolute atomic E-state index is 11.6. The molecule has 200 valence electrons. The van der Waals surface area contributed by atoms with Crippen LogP contribution in [-0.2, 0) is 14.4 Å². The van der Waals surface area contributed by atoms with Gasteiger partial charge in [0.25, 0.3) is 0 Å². The minimum absolute atomic E-state index is 0.0129. The Morgan fingerprint density at radius 1 is 0.667 bits per heavy atom. The van der Waals surface area contributed by atoms with Gasteiger partial charge in [-0.3, -0.25) is 14.4 Å². The van der Waals surface area contributed by atoms with Crippen LogP contribution in [0.4, 0.5) is 11.4 Å². The van der Waals surface area contributed by atoms with E-state index in [0.717, 1.165) is 67.9 Å². The van der Waals surface area contributed by atoms with Crippen molar-refractivity contribution in [2.75, 3.05) is 10.6 Å². The Hall–Kier alpha value is -4.45. The van der Waals surface area contributed by atoms with Crippen molar-refractivity contribution in [3.05, 3.63) is 89.0 Å². The van der Waals surface area contributed by atoms with Gasteiger partial charge in [0.05, 0.1) is 6.04 Å². The zero-order valence-electron chi connectivity index (χ0n) is 23.4. The third-order valence-electron chi connectivity index (χ3n) is 6.80. The first kappa shape index (κ1) is 27.6. The fourth-order valence-electron chi connectivity index (χ4n) is 5.20. The summed E-state index contributed by atoms with van der Waals surface area (Å²) in [4.78, 5) is 34.7. The minimum atomic E-state index is -0.103. The first-order chi connectivity index (χ1) is 18.5. The quantitative estimate of drug-likeness (QED) is 0.334. The van der Waals surface area contributed by atoms with Crippen molar-refractivity contribution in [2.45, 2.75) is 54.0 Å². The zero-order valence-corrected chi connectivity index (χ0v) is 23.4. The Labute approximate surface area is 230 Å². The number of aryl methyl sites for hydroxylation is 2. The van der Waals surface area contributed by atoms with Crippen molar-refractivity contribution in [3.8, 4) is 22.3 Å². The van der Waals surface area contributed by atoms with Gasteiger partial charge in [-0.25, -0.2) is 0 Å². The fraction of sp³-hybridized carbons (Fsp3) is 0.242. The van der Waals surface area contributed by atoms with E-state index in [0.29, 0.717) is 0 Å². The summed E-state index contributed by atoms with van der Waals surface area (Å²) in [7, 11) is 0. The number of anilines is 2. The lowest BCUT2D eigenvalue weighted by Crippen LogP contribution is -2.32. The molecule has 39 heavy (non-hydrogen) atoms. The number of amides is 3. The van der Waals surface area contributed by atoms with Gasteiger partial charge in [0.1, 0.15) is 0 Å². The third kappa shape index (κ3) is 6.71.